The number of hydrogen-bond acceptors (Lipinski definition) is 4. The van der Waals surface area contributed by atoms with Crippen LogP contribution in [0.15, 0.2) is 0 Å². The van der Waals surface area contributed by atoms with E-state index in [1.165, 1.54) is 13.8 Å². The molecule has 1 fully saturated rings. The van der Waals surface area contributed by atoms with Crippen molar-refractivity contribution in [3.8, 4) is 0 Å². The fraction of sp³-hybridized carbons (Fsp3) is 1.00. The molecule has 4 nitrogen and oxygen atoms in total. The highest BCUT2D eigenvalue weighted by Gasteiger charge is 2.47. The maximum Gasteiger partial charge on any atom is 0.361 e. The van der Waals surface area contributed by atoms with Gasteiger partial charge in [-0.1, -0.05) is 0 Å². The van der Waals surface area contributed by atoms with Gasteiger partial charge in [0.05, 0.1) is 12.2 Å². The molecule has 2 unspecified atom stereocenters. The van der Waals surface area contributed by atoms with Gasteiger partial charge in [-0.3, -0.25) is 4.57 Å². The molecule has 0 bridgehead atoms. The van der Waals surface area contributed by atoms with Crippen molar-refractivity contribution in [3.63, 3.8) is 0 Å². The molecule has 1 aliphatic heterocycles. The van der Waals surface area contributed by atoms with Crippen LogP contribution in [0.5, 0.6) is 0 Å². The van der Waals surface area contributed by atoms with Crippen molar-refractivity contribution >= 4 is 7.60 Å². The van der Waals surface area contributed by atoms with Crippen LogP contribution >= 0.6 is 7.60 Å². The first-order chi connectivity index (χ1) is 5.74. The van der Waals surface area contributed by atoms with Gasteiger partial charge < -0.3 is 14.2 Å². The van der Waals surface area contributed by atoms with Crippen LogP contribution in [0.25, 0.3) is 0 Å². The molecule has 0 saturated carbocycles. The van der Waals surface area contributed by atoms with Crippen LogP contribution in [0.4, 0.5) is 0 Å². The molecule has 1 rings (SSSR count). The topological polar surface area (TPSA) is 55.8 Å². The highest BCUT2D eigenvalue weighted by Crippen LogP contribution is 2.62. The summed E-state index contributed by atoms with van der Waals surface area (Å²) in [5.74, 6) is 0. The monoisotopic (exact) mass is 208 g/mol. The van der Waals surface area contributed by atoms with Crippen molar-refractivity contribution in [2.45, 2.75) is 51.7 Å². The van der Waals surface area contributed by atoms with Crippen LogP contribution in [0.1, 0.15) is 34.1 Å². The quantitative estimate of drug-likeness (QED) is 0.670. The Morgan fingerprint density at radius 3 is 2.00 bits per heavy atom. The molecule has 0 radical (unpaired) electrons. The maximum absolute atomic E-state index is 12.0. The second kappa shape index (κ2) is 3.35. The van der Waals surface area contributed by atoms with Gasteiger partial charge in [0, 0.05) is 6.42 Å². The summed E-state index contributed by atoms with van der Waals surface area (Å²) in [6.07, 6.45) is 0.460. The van der Waals surface area contributed by atoms with Crippen LogP contribution in [0.3, 0.4) is 0 Å². The van der Waals surface area contributed by atoms with Crippen LogP contribution in [-0.4, -0.2) is 22.7 Å². The third-order valence-electron chi connectivity index (χ3n) is 1.97. The molecule has 0 aromatic heterocycles. The van der Waals surface area contributed by atoms with Crippen molar-refractivity contribution in [1.82, 2.24) is 0 Å². The summed E-state index contributed by atoms with van der Waals surface area (Å²) < 4.78 is 22.4. The summed E-state index contributed by atoms with van der Waals surface area (Å²) in [5, 5.41) is 8.20. The summed E-state index contributed by atoms with van der Waals surface area (Å²) in [6.45, 7) is 6.55. The van der Waals surface area contributed by atoms with Crippen LogP contribution < -0.4 is 0 Å². The van der Waals surface area contributed by atoms with Gasteiger partial charge >= 0.3 is 7.60 Å². The van der Waals surface area contributed by atoms with Crippen molar-refractivity contribution in [3.05, 3.63) is 0 Å². The van der Waals surface area contributed by atoms with Gasteiger partial charge in [-0.15, -0.1) is 0 Å². The van der Waals surface area contributed by atoms with Crippen LogP contribution in [0.2, 0.25) is 0 Å². The molecule has 13 heavy (non-hydrogen) atoms. The molecular formula is C8H17O4P. The lowest BCUT2D eigenvalue weighted by molar-refractivity contribution is 0.00795. The molecule has 0 aromatic rings. The van der Waals surface area contributed by atoms with Crippen LogP contribution in [-0.2, 0) is 13.6 Å². The zero-order chi connectivity index (χ0) is 10.3. The Hall–Kier alpha value is 0.110. The molecular weight excluding hydrogens is 191 g/mol. The summed E-state index contributed by atoms with van der Waals surface area (Å²) in [4.78, 5) is 0. The van der Waals surface area contributed by atoms with Crippen molar-refractivity contribution < 1.29 is 18.7 Å². The van der Waals surface area contributed by atoms with E-state index in [4.69, 9.17) is 9.05 Å². The first kappa shape index (κ1) is 11.2. The molecule has 1 heterocycles. The molecule has 0 aliphatic carbocycles. The molecule has 0 spiro atoms. The molecule has 2 atom stereocenters. The standard InChI is InChI=1S/C8H17O4P/c1-6-5-7(2)12-13(10,11-6)8(3,4)9/h6-7,9H,5H2,1-4H3. The van der Waals surface area contributed by atoms with E-state index in [0.717, 1.165) is 0 Å². The Bertz CT molecular complexity index is 219. The van der Waals surface area contributed by atoms with Gasteiger partial charge in [0.25, 0.3) is 0 Å². The average Bonchev–Trinajstić information content (AvgIpc) is 1.79. The molecule has 78 valence electrons. The smallest absolute Gasteiger partial charge is 0.361 e. The van der Waals surface area contributed by atoms with Gasteiger partial charge in [0.15, 0.2) is 5.34 Å². The van der Waals surface area contributed by atoms with Gasteiger partial charge in [-0.25, -0.2) is 0 Å². The molecule has 0 amide bonds. The third kappa shape index (κ3) is 2.32. The predicted molar refractivity (Wildman–Crippen MR) is 49.6 cm³/mol. The second-order valence-corrected chi connectivity index (χ2v) is 6.57. The van der Waals surface area contributed by atoms with E-state index < -0.39 is 12.9 Å². The van der Waals surface area contributed by atoms with Crippen molar-refractivity contribution in [2.24, 2.45) is 0 Å². The Kier molecular flexibility index (Phi) is 2.89. The van der Waals surface area contributed by atoms with Gasteiger partial charge in [0.2, 0.25) is 0 Å². The van der Waals surface area contributed by atoms with Crippen molar-refractivity contribution in [1.29, 1.82) is 0 Å². The normalized spacial score (nSPS) is 41.9. The van der Waals surface area contributed by atoms with Gasteiger partial charge in [-0.2, -0.15) is 0 Å². The zero-order valence-electron chi connectivity index (χ0n) is 8.48. The molecule has 1 saturated heterocycles. The van der Waals surface area contributed by atoms with E-state index in [2.05, 4.69) is 0 Å². The number of rotatable bonds is 1. The highest BCUT2D eigenvalue weighted by atomic mass is 31.2. The van der Waals surface area contributed by atoms with Gasteiger partial charge in [-0.05, 0) is 27.7 Å². The average molecular weight is 208 g/mol. The summed E-state index contributed by atoms with van der Waals surface area (Å²) in [5.41, 5.74) is 0. The Morgan fingerprint density at radius 1 is 1.31 bits per heavy atom. The first-order valence-corrected chi connectivity index (χ1v) is 5.98. The van der Waals surface area contributed by atoms with E-state index in [1.54, 1.807) is 0 Å². The minimum absolute atomic E-state index is 0.124. The SMILES string of the molecule is CC1CC(C)OP(=O)(C(C)(C)O)O1. The first-order valence-electron chi connectivity index (χ1n) is 4.44. The molecule has 0 aromatic carbocycles. The second-order valence-electron chi connectivity index (χ2n) is 4.06. The van der Waals surface area contributed by atoms with Gasteiger partial charge in [0.1, 0.15) is 0 Å². The summed E-state index contributed by atoms with van der Waals surface area (Å²) in [6, 6.07) is 0. The Labute approximate surface area is 78.8 Å². The zero-order valence-corrected chi connectivity index (χ0v) is 9.38. The third-order valence-corrected chi connectivity index (χ3v) is 4.59. The molecule has 1 aliphatic rings. The Morgan fingerprint density at radius 2 is 1.69 bits per heavy atom. The van der Waals surface area contributed by atoms with Crippen LogP contribution in [0, 0.1) is 0 Å². The fourth-order valence-electron chi connectivity index (χ4n) is 1.31. The minimum Gasteiger partial charge on any atom is -0.378 e. The van der Waals surface area contributed by atoms with E-state index in [-0.39, 0.29) is 12.2 Å². The minimum atomic E-state index is -3.35. The summed E-state index contributed by atoms with van der Waals surface area (Å²) >= 11 is 0. The van der Waals surface area contributed by atoms with E-state index in [0.29, 0.717) is 6.42 Å². The fourth-order valence-corrected chi connectivity index (χ4v) is 3.00. The molecule has 1 N–H and O–H groups in total. The maximum atomic E-state index is 12.0. The lowest BCUT2D eigenvalue weighted by Crippen LogP contribution is -2.32. The highest BCUT2D eigenvalue weighted by molar-refractivity contribution is 7.55. The molecule has 5 heteroatoms. The Balaban J connectivity index is 2.85. The van der Waals surface area contributed by atoms with Crippen molar-refractivity contribution in [2.75, 3.05) is 0 Å². The number of aliphatic hydroxyl groups is 1. The summed E-state index contributed by atoms with van der Waals surface area (Å²) in [7, 11) is -3.35. The lowest BCUT2D eigenvalue weighted by Gasteiger charge is -2.37. The number of hydrogen-bond donors (Lipinski definition) is 1. The largest absolute Gasteiger partial charge is 0.378 e. The van der Waals surface area contributed by atoms with E-state index in [9.17, 15) is 9.67 Å². The predicted octanol–water partition coefficient (Wildman–Crippen LogP) is 2.12. The lowest BCUT2D eigenvalue weighted by atomic mass is 10.2. The van der Waals surface area contributed by atoms with E-state index >= 15 is 0 Å². The van der Waals surface area contributed by atoms with E-state index in [1.807, 2.05) is 13.8 Å².